The molecule has 2 aliphatic rings. The number of anilines is 1. The number of nitrogens with zero attached hydrogens (tertiary/aromatic N) is 2. The molecule has 1 heterocycles. The average molecular weight is 466 g/mol. The number of aliphatic imine (C=N–C) groups is 1. The van der Waals surface area contributed by atoms with Crippen molar-refractivity contribution in [3.8, 4) is 11.5 Å². The van der Waals surface area contributed by atoms with Crippen molar-refractivity contribution < 1.29 is 19.0 Å². The summed E-state index contributed by atoms with van der Waals surface area (Å²) < 4.78 is 20.3. The molecular weight excluding hydrogens is 437 g/mol. The first kappa shape index (κ1) is 23.6. The van der Waals surface area contributed by atoms with E-state index >= 15 is 0 Å². The molecule has 4 N–H and O–H groups in total. The second-order valence-corrected chi connectivity index (χ2v) is 8.50. The van der Waals surface area contributed by atoms with E-state index in [0.717, 1.165) is 25.0 Å². The Labute approximate surface area is 197 Å². The number of halogens is 1. The first-order valence-corrected chi connectivity index (χ1v) is 11.2. The summed E-state index contributed by atoms with van der Waals surface area (Å²) in [6.07, 6.45) is 7.25. The molecule has 9 heteroatoms. The number of aliphatic hydroxyl groups excluding tert-OH is 1. The summed E-state index contributed by atoms with van der Waals surface area (Å²) in [6.45, 7) is 5.60. The molecule has 2 unspecified atom stereocenters. The number of rotatable bonds is 9. The second kappa shape index (κ2) is 10.6. The van der Waals surface area contributed by atoms with E-state index in [1.807, 2.05) is 6.08 Å². The lowest BCUT2D eigenvalue weighted by Gasteiger charge is -2.21. The zero-order valence-corrected chi connectivity index (χ0v) is 18.9. The van der Waals surface area contributed by atoms with Crippen LogP contribution >= 0.6 is 0 Å². The smallest absolute Gasteiger partial charge is 0.247 e. The van der Waals surface area contributed by atoms with Crippen LogP contribution in [0.3, 0.4) is 0 Å². The van der Waals surface area contributed by atoms with Crippen molar-refractivity contribution in [1.82, 2.24) is 15.6 Å². The van der Waals surface area contributed by atoms with Crippen molar-refractivity contribution >= 4 is 23.1 Å². The maximum atomic E-state index is 14.5. The first-order chi connectivity index (χ1) is 16.4. The Balaban J connectivity index is 1.46. The Hall–Kier alpha value is -3.56. The van der Waals surface area contributed by atoms with Crippen molar-refractivity contribution in [2.75, 3.05) is 5.32 Å². The van der Waals surface area contributed by atoms with Gasteiger partial charge in [-0.15, -0.1) is 0 Å². The number of nitrogens with one attached hydrogen (secondary N) is 3. The van der Waals surface area contributed by atoms with Gasteiger partial charge in [0, 0.05) is 24.4 Å². The number of ether oxygens (including phenoxy) is 1. The molecule has 0 aliphatic heterocycles. The van der Waals surface area contributed by atoms with Crippen LogP contribution in [-0.2, 0) is 4.79 Å². The highest BCUT2D eigenvalue weighted by molar-refractivity contribution is 6.06. The van der Waals surface area contributed by atoms with Gasteiger partial charge in [0.25, 0.3) is 0 Å². The Kier molecular flexibility index (Phi) is 7.34. The molecule has 178 valence electrons. The highest BCUT2D eigenvalue weighted by Crippen LogP contribution is 2.29. The molecule has 2 aromatic rings. The minimum atomic E-state index is -1.02. The zero-order valence-electron chi connectivity index (χ0n) is 18.9. The Morgan fingerprint density at radius 2 is 2.12 bits per heavy atom. The fourth-order valence-electron chi connectivity index (χ4n) is 3.51. The normalized spacial score (nSPS) is 19.8. The maximum absolute atomic E-state index is 14.5. The van der Waals surface area contributed by atoms with Gasteiger partial charge >= 0.3 is 0 Å². The van der Waals surface area contributed by atoms with Crippen LogP contribution in [0.15, 0.2) is 65.9 Å². The van der Waals surface area contributed by atoms with Gasteiger partial charge in [-0.1, -0.05) is 19.6 Å². The summed E-state index contributed by atoms with van der Waals surface area (Å²) in [5, 5.41) is 18.4. The lowest BCUT2D eigenvalue weighted by atomic mass is 9.92. The first-order valence-electron chi connectivity index (χ1n) is 11.2. The number of allylic oxidation sites excluding steroid dienone is 2. The van der Waals surface area contributed by atoms with Gasteiger partial charge in [-0.25, -0.2) is 14.4 Å². The van der Waals surface area contributed by atoms with Gasteiger partial charge in [-0.2, -0.15) is 0 Å². The monoisotopic (exact) mass is 465 g/mol. The summed E-state index contributed by atoms with van der Waals surface area (Å²) in [5.74, 6) is 0.683. The SMILES string of the molecule is C=CC(=O)NC1=CCC(C)CC1=Nc1cc(Oc2ccc(NC(O)NC3CC3)c(F)c2)ccn1. The van der Waals surface area contributed by atoms with Gasteiger partial charge in [0.2, 0.25) is 5.91 Å². The number of carbonyl (C=O) groups is 1. The van der Waals surface area contributed by atoms with E-state index in [4.69, 9.17) is 4.74 Å². The molecule has 2 atom stereocenters. The maximum Gasteiger partial charge on any atom is 0.247 e. The topological polar surface area (TPSA) is 108 Å². The number of benzene rings is 1. The molecule has 1 amide bonds. The highest BCUT2D eigenvalue weighted by atomic mass is 19.1. The van der Waals surface area contributed by atoms with Crippen LogP contribution in [0.5, 0.6) is 11.5 Å². The number of hydrogen-bond donors (Lipinski definition) is 4. The van der Waals surface area contributed by atoms with Gasteiger partial charge in [-0.05, 0) is 55.9 Å². The lowest BCUT2D eigenvalue weighted by molar-refractivity contribution is -0.115. The zero-order chi connectivity index (χ0) is 24.1. The summed E-state index contributed by atoms with van der Waals surface area (Å²) in [7, 11) is 0. The third-order valence-electron chi connectivity index (χ3n) is 5.43. The van der Waals surface area contributed by atoms with E-state index in [-0.39, 0.29) is 17.6 Å². The van der Waals surface area contributed by atoms with E-state index in [9.17, 15) is 14.3 Å². The van der Waals surface area contributed by atoms with Crippen molar-refractivity contribution in [2.45, 2.75) is 45.0 Å². The third-order valence-corrected chi connectivity index (χ3v) is 5.43. The molecular formula is C25H28FN5O3. The molecule has 1 fully saturated rings. The number of carbonyl (C=O) groups excluding carboxylic acids is 1. The minimum Gasteiger partial charge on any atom is -0.457 e. The number of pyridine rings is 1. The van der Waals surface area contributed by atoms with Crippen molar-refractivity contribution in [1.29, 1.82) is 0 Å². The van der Waals surface area contributed by atoms with Crippen LogP contribution in [0.2, 0.25) is 0 Å². The van der Waals surface area contributed by atoms with E-state index in [0.29, 0.717) is 35.4 Å². The van der Waals surface area contributed by atoms with Gasteiger partial charge in [0.1, 0.15) is 17.3 Å². The molecule has 0 radical (unpaired) electrons. The molecule has 0 spiro atoms. The van der Waals surface area contributed by atoms with Crippen LogP contribution in [0.25, 0.3) is 0 Å². The number of aromatic nitrogens is 1. The molecule has 2 aliphatic carbocycles. The van der Waals surface area contributed by atoms with Crippen LogP contribution < -0.4 is 20.7 Å². The standard InChI is InChI=1S/C25H28FN5O3/c1-3-24(32)30-21-8-4-15(2)12-22(21)29-23-14-18(10-11-27-23)34-17-7-9-20(19(26)13-17)31-25(33)28-16-5-6-16/h3,7-11,13-16,25,28,31,33H,1,4-6,12H2,2H3,(H,30,32). The van der Waals surface area contributed by atoms with Gasteiger partial charge in [-0.3, -0.25) is 10.1 Å². The summed E-state index contributed by atoms with van der Waals surface area (Å²) in [4.78, 5) is 20.7. The average Bonchev–Trinajstić information content (AvgIpc) is 3.61. The van der Waals surface area contributed by atoms with Crippen molar-refractivity contribution in [3.05, 3.63) is 66.8 Å². The minimum absolute atomic E-state index is 0.169. The Morgan fingerprint density at radius 1 is 1.32 bits per heavy atom. The van der Waals surface area contributed by atoms with Crippen molar-refractivity contribution in [2.24, 2.45) is 10.9 Å². The predicted molar refractivity (Wildman–Crippen MR) is 128 cm³/mol. The van der Waals surface area contributed by atoms with Gasteiger partial charge in [0.15, 0.2) is 12.2 Å². The molecule has 34 heavy (non-hydrogen) atoms. The van der Waals surface area contributed by atoms with Crippen LogP contribution in [0.4, 0.5) is 15.9 Å². The summed E-state index contributed by atoms with van der Waals surface area (Å²) in [5.41, 5.74) is 1.54. The Morgan fingerprint density at radius 3 is 2.85 bits per heavy atom. The van der Waals surface area contributed by atoms with Gasteiger partial charge in [0.05, 0.1) is 17.1 Å². The summed E-state index contributed by atoms with van der Waals surface area (Å²) in [6, 6.07) is 7.93. The number of amides is 1. The van der Waals surface area contributed by atoms with Crippen LogP contribution in [-0.4, -0.2) is 34.1 Å². The molecule has 4 rings (SSSR count). The molecule has 1 aromatic heterocycles. The van der Waals surface area contributed by atoms with E-state index < -0.39 is 12.2 Å². The third kappa shape index (κ3) is 6.49. The largest absolute Gasteiger partial charge is 0.457 e. The van der Waals surface area contributed by atoms with Crippen LogP contribution in [0, 0.1) is 11.7 Å². The molecule has 0 saturated heterocycles. The highest BCUT2D eigenvalue weighted by Gasteiger charge is 2.24. The lowest BCUT2D eigenvalue weighted by Crippen LogP contribution is -2.37. The molecule has 0 bridgehead atoms. The Bertz CT molecular complexity index is 1130. The van der Waals surface area contributed by atoms with E-state index in [2.05, 4.69) is 39.4 Å². The fourth-order valence-corrected chi connectivity index (χ4v) is 3.51. The number of hydrogen-bond acceptors (Lipinski definition) is 7. The summed E-state index contributed by atoms with van der Waals surface area (Å²) >= 11 is 0. The number of aliphatic hydroxyl groups is 1. The molecule has 1 aromatic carbocycles. The quantitative estimate of drug-likeness (QED) is 0.328. The molecule has 8 nitrogen and oxygen atoms in total. The van der Waals surface area contributed by atoms with E-state index in [1.165, 1.54) is 18.2 Å². The van der Waals surface area contributed by atoms with Gasteiger partial charge < -0.3 is 20.5 Å². The van der Waals surface area contributed by atoms with Crippen molar-refractivity contribution in [3.63, 3.8) is 0 Å². The second-order valence-electron chi connectivity index (χ2n) is 8.50. The predicted octanol–water partition coefficient (Wildman–Crippen LogP) is 4.14. The van der Waals surface area contributed by atoms with Crippen LogP contribution in [0.1, 0.15) is 32.6 Å². The van der Waals surface area contributed by atoms with E-state index in [1.54, 1.807) is 24.4 Å². The fraction of sp³-hybridized carbons (Fsp3) is 0.320. The molecule has 1 saturated carbocycles.